The zero-order valence-corrected chi connectivity index (χ0v) is 16.3. The van der Waals surface area contributed by atoms with Gasteiger partial charge in [-0.05, 0) is 44.2 Å². The maximum Gasteiger partial charge on any atom is 0.243 e. The molecule has 2 rings (SSSR count). The molecule has 2 aromatic rings. The van der Waals surface area contributed by atoms with E-state index in [1.54, 1.807) is 0 Å². The van der Waals surface area contributed by atoms with Crippen molar-refractivity contribution in [2.45, 2.75) is 19.9 Å². The third kappa shape index (κ3) is 5.96. The Balaban J connectivity index is 1.97. The molecule has 0 aliphatic carbocycles. The second-order valence-electron chi connectivity index (χ2n) is 6.17. The number of ether oxygens (including phenoxy) is 1. The van der Waals surface area contributed by atoms with E-state index in [0.717, 1.165) is 22.2 Å². The van der Waals surface area contributed by atoms with Crippen molar-refractivity contribution in [1.82, 2.24) is 5.32 Å². The standard InChI is InChI=1S/C19H23FN2O4S/c1-14-7-9-18(10-8-14)26-12-11-21-19(23)15(2)22(27(3,24)25)17-6-4-5-16(20)13-17/h4-10,13,15H,11-12H2,1-3H3,(H,21,23)/t15-/m1/s1. The molecule has 8 heteroatoms. The van der Waals surface area contributed by atoms with Gasteiger partial charge >= 0.3 is 0 Å². The number of carbonyl (C=O) groups is 1. The highest BCUT2D eigenvalue weighted by Gasteiger charge is 2.29. The van der Waals surface area contributed by atoms with Crippen LogP contribution < -0.4 is 14.4 Å². The van der Waals surface area contributed by atoms with E-state index < -0.39 is 27.8 Å². The number of hydrogen-bond acceptors (Lipinski definition) is 4. The molecule has 1 amide bonds. The van der Waals surface area contributed by atoms with Gasteiger partial charge in [-0.25, -0.2) is 12.8 Å². The fourth-order valence-corrected chi connectivity index (χ4v) is 3.71. The molecule has 0 radical (unpaired) electrons. The minimum atomic E-state index is -3.78. The molecule has 0 spiro atoms. The van der Waals surface area contributed by atoms with Crippen molar-refractivity contribution in [3.05, 3.63) is 59.9 Å². The molecule has 0 aliphatic rings. The highest BCUT2D eigenvalue weighted by Crippen LogP contribution is 2.21. The molecule has 2 aromatic carbocycles. The number of benzene rings is 2. The van der Waals surface area contributed by atoms with Crippen LogP contribution in [0.4, 0.5) is 10.1 Å². The average Bonchev–Trinajstić information content (AvgIpc) is 2.59. The lowest BCUT2D eigenvalue weighted by Gasteiger charge is -2.28. The molecule has 0 aromatic heterocycles. The van der Waals surface area contributed by atoms with Gasteiger partial charge in [0, 0.05) is 0 Å². The van der Waals surface area contributed by atoms with Gasteiger partial charge in [0.05, 0.1) is 18.5 Å². The molecule has 0 fully saturated rings. The van der Waals surface area contributed by atoms with Crippen molar-refractivity contribution in [1.29, 1.82) is 0 Å². The second kappa shape index (κ2) is 8.85. The first-order valence-corrected chi connectivity index (χ1v) is 10.3. The van der Waals surface area contributed by atoms with Gasteiger partial charge < -0.3 is 10.1 Å². The summed E-state index contributed by atoms with van der Waals surface area (Å²) < 4.78 is 44.2. The number of aryl methyl sites for hydroxylation is 1. The summed E-state index contributed by atoms with van der Waals surface area (Å²) in [5.41, 5.74) is 1.21. The van der Waals surface area contributed by atoms with E-state index in [4.69, 9.17) is 4.74 Å². The van der Waals surface area contributed by atoms with E-state index in [1.807, 2.05) is 31.2 Å². The van der Waals surface area contributed by atoms with Crippen molar-refractivity contribution < 1.29 is 22.3 Å². The maximum absolute atomic E-state index is 13.5. The Morgan fingerprint density at radius 3 is 2.48 bits per heavy atom. The van der Waals surface area contributed by atoms with Crippen molar-refractivity contribution >= 4 is 21.6 Å². The maximum atomic E-state index is 13.5. The third-order valence-corrected chi connectivity index (χ3v) is 5.08. The second-order valence-corrected chi connectivity index (χ2v) is 8.03. The monoisotopic (exact) mass is 394 g/mol. The smallest absolute Gasteiger partial charge is 0.243 e. The van der Waals surface area contributed by atoms with Gasteiger partial charge in [0.25, 0.3) is 0 Å². The fourth-order valence-electron chi connectivity index (χ4n) is 2.55. The molecule has 0 heterocycles. The zero-order chi connectivity index (χ0) is 20.0. The highest BCUT2D eigenvalue weighted by molar-refractivity contribution is 7.92. The minimum absolute atomic E-state index is 0.0936. The van der Waals surface area contributed by atoms with Gasteiger partial charge in [-0.15, -0.1) is 0 Å². The molecule has 0 saturated heterocycles. The molecule has 146 valence electrons. The average molecular weight is 394 g/mol. The van der Waals surface area contributed by atoms with Crippen molar-refractivity contribution in [2.24, 2.45) is 0 Å². The highest BCUT2D eigenvalue weighted by atomic mass is 32.2. The van der Waals surface area contributed by atoms with Crippen LogP contribution in [0.15, 0.2) is 48.5 Å². The van der Waals surface area contributed by atoms with E-state index in [1.165, 1.54) is 25.1 Å². The third-order valence-electron chi connectivity index (χ3n) is 3.84. The predicted octanol–water partition coefficient (Wildman–Crippen LogP) is 2.48. The van der Waals surface area contributed by atoms with Crippen molar-refractivity contribution in [3.63, 3.8) is 0 Å². The van der Waals surface area contributed by atoms with Crippen LogP contribution in [0, 0.1) is 12.7 Å². The first-order chi connectivity index (χ1) is 12.7. The summed E-state index contributed by atoms with van der Waals surface area (Å²) in [5, 5.41) is 2.64. The van der Waals surface area contributed by atoms with Crippen LogP contribution in [0.25, 0.3) is 0 Å². The first kappa shape index (κ1) is 20.7. The van der Waals surface area contributed by atoms with Gasteiger partial charge in [-0.2, -0.15) is 0 Å². The molecule has 1 atom stereocenters. The summed E-state index contributed by atoms with van der Waals surface area (Å²) in [6.45, 7) is 3.86. The Kier molecular flexibility index (Phi) is 6.79. The van der Waals surface area contributed by atoms with Gasteiger partial charge in [0.2, 0.25) is 15.9 Å². The number of hydrogen-bond donors (Lipinski definition) is 1. The van der Waals surface area contributed by atoms with E-state index in [0.29, 0.717) is 5.75 Å². The Hall–Kier alpha value is -2.61. The largest absolute Gasteiger partial charge is 0.492 e. The van der Waals surface area contributed by atoms with Gasteiger partial charge in [-0.1, -0.05) is 23.8 Å². The molecular formula is C19H23FN2O4S. The Bertz CT molecular complexity index is 885. The van der Waals surface area contributed by atoms with Crippen LogP contribution in [-0.4, -0.2) is 39.8 Å². The number of carbonyl (C=O) groups excluding carboxylic acids is 1. The molecular weight excluding hydrogens is 371 g/mol. The summed E-state index contributed by atoms with van der Waals surface area (Å²) in [6, 6.07) is 11.6. The van der Waals surface area contributed by atoms with Gasteiger partial charge in [-0.3, -0.25) is 9.10 Å². The fraction of sp³-hybridized carbons (Fsp3) is 0.316. The van der Waals surface area contributed by atoms with Crippen LogP contribution in [0.3, 0.4) is 0 Å². The SMILES string of the molecule is Cc1ccc(OCCNC(=O)[C@@H](C)N(c2cccc(F)c2)S(C)(=O)=O)cc1. The minimum Gasteiger partial charge on any atom is -0.492 e. The summed E-state index contributed by atoms with van der Waals surface area (Å²) >= 11 is 0. The number of nitrogens with zero attached hydrogens (tertiary/aromatic N) is 1. The molecule has 0 saturated carbocycles. The molecule has 1 N–H and O–H groups in total. The van der Waals surface area contributed by atoms with Crippen LogP contribution >= 0.6 is 0 Å². The van der Waals surface area contributed by atoms with E-state index in [-0.39, 0.29) is 18.8 Å². The van der Waals surface area contributed by atoms with Crippen molar-refractivity contribution in [2.75, 3.05) is 23.7 Å². The van der Waals surface area contributed by atoms with Crippen LogP contribution in [0.5, 0.6) is 5.75 Å². The number of sulfonamides is 1. The van der Waals surface area contributed by atoms with Gasteiger partial charge in [0.1, 0.15) is 24.2 Å². The molecule has 0 bridgehead atoms. The topological polar surface area (TPSA) is 75.7 Å². The number of halogens is 1. The van der Waals surface area contributed by atoms with Gasteiger partial charge in [0.15, 0.2) is 0 Å². The Morgan fingerprint density at radius 2 is 1.89 bits per heavy atom. The Labute approximate surface area is 159 Å². The lowest BCUT2D eigenvalue weighted by Crippen LogP contribution is -2.48. The zero-order valence-electron chi connectivity index (χ0n) is 15.5. The van der Waals surface area contributed by atoms with Crippen LogP contribution in [0.1, 0.15) is 12.5 Å². The summed E-state index contributed by atoms with van der Waals surface area (Å²) in [5.74, 6) is -0.405. The van der Waals surface area contributed by atoms with E-state index in [9.17, 15) is 17.6 Å². The van der Waals surface area contributed by atoms with E-state index >= 15 is 0 Å². The number of rotatable bonds is 8. The Morgan fingerprint density at radius 1 is 1.22 bits per heavy atom. The van der Waals surface area contributed by atoms with Crippen molar-refractivity contribution in [3.8, 4) is 5.75 Å². The number of amides is 1. The van der Waals surface area contributed by atoms with Crippen LogP contribution in [0.2, 0.25) is 0 Å². The van der Waals surface area contributed by atoms with E-state index in [2.05, 4.69) is 5.32 Å². The van der Waals surface area contributed by atoms with Crippen LogP contribution in [-0.2, 0) is 14.8 Å². The molecule has 6 nitrogen and oxygen atoms in total. The summed E-state index contributed by atoms with van der Waals surface area (Å²) in [7, 11) is -3.78. The summed E-state index contributed by atoms with van der Waals surface area (Å²) in [6.07, 6.45) is 0.974. The normalized spacial score (nSPS) is 12.3. The quantitative estimate of drug-likeness (QED) is 0.698. The number of nitrogens with one attached hydrogen (secondary N) is 1. The first-order valence-electron chi connectivity index (χ1n) is 8.40. The number of anilines is 1. The molecule has 0 unspecified atom stereocenters. The molecule has 0 aliphatic heterocycles. The lowest BCUT2D eigenvalue weighted by atomic mass is 10.2. The lowest BCUT2D eigenvalue weighted by molar-refractivity contribution is -0.121. The summed E-state index contributed by atoms with van der Waals surface area (Å²) in [4.78, 5) is 12.4. The predicted molar refractivity (Wildman–Crippen MR) is 103 cm³/mol. The molecule has 27 heavy (non-hydrogen) atoms.